The maximum Gasteiger partial charge on any atom is 0.323 e. The van der Waals surface area contributed by atoms with Crippen LogP contribution < -0.4 is 15.7 Å². The lowest BCUT2D eigenvalue weighted by molar-refractivity contribution is 0.0951. The van der Waals surface area contributed by atoms with E-state index in [2.05, 4.69) is 20.3 Å². The van der Waals surface area contributed by atoms with E-state index in [0.717, 1.165) is 5.56 Å². The average Bonchev–Trinajstić information content (AvgIpc) is 3.06. The van der Waals surface area contributed by atoms with Gasteiger partial charge in [-0.05, 0) is 35.9 Å². The van der Waals surface area contributed by atoms with Crippen molar-refractivity contribution < 1.29 is 13.9 Å². The summed E-state index contributed by atoms with van der Waals surface area (Å²) in [6.45, 7) is 0.272. The summed E-state index contributed by atoms with van der Waals surface area (Å²) in [4.78, 5) is 33.0. The van der Waals surface area contributed by atoms with Crippen LogP contribution >= 0.6 is 0 Å². The van der Waals surface area contributed by atoms with Crippen molar-refractivity contribution in [2.45, 2.75) is 6.54 Å². The molecule has 0 aliphatic heterocycles. The van der Waals surface area contributed by atoms with Gasteiger partial charge < -0.3 is 20.0 Å². The molecule has 0 radical (unpaired) electrons. The van der Waals surface area contributed by atoms with Crippen molar-refractivity contribution in [2.75, 3.05) is 0 Å². The summed E-state index contributed by atoms with van der Waals surface area (Å²) in [6, 6.07) is 14.1. The van der Waals surface area contributed by atoms with Crippen LogP contribution in [0, 0.1) is 5.82 Å². The van der Waals surface area contributed by atoms with Crippen LogP contribution in [-0.2, 0) is 6.54 Å². The van der Waals surface area contributed by atoms with Gasteiger partial charge in [0.2, 0.25) is 5.88 Å². The summed E-state index contributed by atoms with van der Waals surface area (Å²) in [5.41, 5.74) is 2.09. The highest BCUT2D eigenvalue weighted by Gasteiger charge is 2.08. The minimum atomic E-state index is -0.390. The molecule has 2 heterocycles. The number of aromatic amines is 2. The van der Waals surface area contributed by atoms with Crippen LogP contribution in [-0.4, -0.2) is 20.9 Å². The van der Waals surface area contributed by atoms with Crippen molar-refractivity contribution in [1.82, 2.24) is 20.3 Å². The van der Waals surface area contributed by atoms with Gasteiger partial charge in [0.05, 0.1) is 11.0 Å². The summed E-state index contributed by atoms with van der Waals surface area (Å²) >= 11 is 0. The Labute approximate surface area is 158 Å². The van der Waals surface area contributed by atoms with Gasteiger partial charge in [-0.25, -0.2) is 14.2 Å². The third-order valence-electron chi connectivity index (χ3n) is 4.05. The minimum absolute atomic E-state index is 0.272. The predicted molar refractivity (Wildman–Crippen MR) is 101 cm³/mol. The first-order valence-corrected chi connectivity index (χ1v) is 8.45. The van der Waals surface area contributed by atoms with E-state index in [1.807, 2.05) is 0 Å². The fourth-order valence-corrected chi connectivity index (χ4v) is 2.69. The Bertz CT molecular complexity index is 1200. The van der Waals surface area contributed by atoms with Crippen molar-refractivity contribution in [1.29, 1.82) is 0 Å². The molecule has 0 aliphatic rings. The number of carbonyl (C=O) groups excluding carboxylic acids is 1. The number of halogens is 1. The lowest BCUT2D eigenvalue weighted by atomic mass is 10.2. The molecule has 4 aromatic rings. The Kier molecular flexibility index (Phi) is 4.59. The SMILES string of the molecule is O=C(NCc1ccc(Oc2cccc(F)c2)nc1)c1ccc2[nH]c(=O)[nH]c2c1. The minimum Gasteiger partial charge on any atom is -0.439 e. The molecule has 0 bridgehead atoms. The van der Waals surface area contributed by atoms with E-state index in [1.165, 1.54) is 12.1 Å². The molecular formula is C20H15FN4O3. The van der Waals surface area contributed by atoms with Crippen molar-refractivity contribution >= 4 is 16.9 Å². The molecule has 0 spiro atoms. The lowest BCUT2D eigenvalue weighted by Crippen LogP contribution is -2.22. The van der Waals surface area contributed by atoms with Crippen molar-refractivity contribution in [3.63, 3.8) is 0 Å². The first-order valence-electron chi connectivity index (χ1n) is 8.45. The zero-order valence-corrected chi connectivity index (χ0v) is 14.5. The topological polar surface area (TPSA) is 99.9 Å². The number of aromatic nitrogens is 3. The van der Waals surface area contributed by atoms with E-state index < -0.39 is 5.82 Å². The summed E-state index contributed by atoms with van der Waals surface area (Å²) < 4.78 is 18.7. The Morgan fingerprint density at radius 1 is 1.07 bits per heavy atom. The van der Waals surface area contributed by atoms with Gasteiger partial charge in [0, 0.05) is 30.4 Å². The van der Waals surface area contributed by atoms with Crippen molar-refractivity contribution in [3.05, 3.63) is 88.2 Å². The van der Waals surface area contributed by atoms with Crippen LogP contribution in [0.5, 0.6) is 11.6 Å². The number of pyridine rings is 1. The number of fused-ring (bicyclic) bond motifs is 1. The van der Waals surface area contributed by atoms with Crippen LogP contribution in [0.3, 0.4) is 0 Å². The van der Waals surface area contributed by atoms with Gasteiger partial charge in [0.15, 0.2) is 0 Å². The number of nitrogens with zero attached hydrogens (tertiary/aromatic N) is 1. The normalized spacial score (nSPS) is 10.8. The fourth-order valence-electron chi connectivity index (χ4n) is 2.69. The first-order chi connectivity index (χ1) is 13.6. The largest absolute Gasteiger partial charge is 0.439 e. The molecule has 2 aromatic carbocycles. The number of hydrogen-bond donors (Lipinski definition) is 3. The molecule has 28 heavy (non-hydrogen) atoms. The smallest absolute Gasteiger partial charge is 0.323 e. The van der Waals surface area contributed by atoms with Crippen LogP contribution in [0.1, 0.15) is 15.9 Å². The number of benzene rings is 2. The zero-order chi connectivity index (χ0) is 19.5. The summed E-state index contributed by atoms with van der Waals surface area (Å²) in [6.07, 6.45) is 1.57. The molecule has 0 saturated carbocycles. The highest BCUT2D eigenvalue weighted by Crippen LogP contribution is 2.20. The van der Waals surface area contributed by atoms with Gasteiger partial charge in [-0.15, -0.1) is 0 Å². The zero-order valence-electron chi connectivity index (χ0n) is 14.5. The summed E-state index contributed by atoms with van der Waals surface area (Å²) in [7, 11) is 0. The number of imidazole rings is 1. The maximum atomic E-state index is 13.2. The lowest BCUT2D eigenvalue weighted by Gasteiger charge is -2.07. The number of carbonyl (C=O) groups is 1. The molecule has 2 aromatic heterocycles. The number of amides is 1. The summed E-state index contributed by atoms with van der Waals surface area (Å²) in [5, 5.41) is 2.79. The molecule has 7 nitrogen and oxygen atoms in total. The first kappa shape index (κ1) is 17.5. The highest BCUT2D eigenvalue weighted by molar-refractivity contribution is 5.97. The molecule has 140 valence electrons. The van der Waals surface area contributed by atoms with Crippen LogP contribution in [0.15, 0.2) is 65.6 Å². The Hall–Kier alpha value is -3.94. The molecule has 3 N–H and O–H groups in total. The molecule has 0 fully saturated rings. The van der Waals surface area contributed by atoms with Crippen LogP contribution in [0.2, 0.25) is 0 Å². The second kappa shape index (κ2) is 7.36. The molecule has 0 aliphatic carbocycles. The van der Waals surface area contributed by atoms with Crippen molar-refractivity contribution in [2.24, 2.45) is 0 Å². The standard InChI is InChI=1S/C20H15FN4O3/c21-14-2-1-3-15(9-14)28-18-7-4-12(10-22-18)11-23-19(26)13-5-6-16-17(8-13)25-20(27)24-16/h1-10H,11H2,(H,23,26)(H2,24,25,27). The van der Waals surface area contributed by atoms with Crippen molar-refractivity contribution in [3.8, 4) is 11.6 Å². The monoisotopic (exact) mass is 378 g/mol. The number of nitrogens with one attached hydrogen (secondary N) is 3. The number of rotatable bonds is 5. The van der Waals surface area contributed by atoms with Gasteiger partial charge in [0.25, 0.3) is 5.91 Å². The highest BCUT2D eigenvalue weighted by atomic mass is 19.1. The molecular weight excluding hydrogens is 363 g/mol. The predicted octanol–water partition coefficient (Wildman–Crippen LogP) is 3.11. The molecule has 0 unspecified atom stereocenters. The van der Waals surface area contributed by atoms with Crippen LogP contribution in [0.4, 0.5) is 4.39 Å². The van der Waals surface area contributed by atoms with E-state index in [1.54, 1.807) is 48.7 Å². The number of ether oxygens (including phenoxy) is 1. The van der Waals surface area contributed by atoms with Crippen LogP contribution in [0.25, 0.3) is 11.0 Å². The molecule has 4 rings (SSSR count). The fraction of sp³-hybridized carbons (Fsp3) is 0.0500. The van der Waals surface area contributed by atoms with E-state index in [4.69, 9.17) is 4.74 Å². The average molecular weight is 378 g/mol. The molecule has 0 saturated heterocycles. The van der Waals surface area contributed by atoms with E-state index >= 15 is 0 Å². The number of hydrogen-bond acceptors (Lipinski definition) is 4. The third-order valence-corrected chi connectivity index (χ3v) is 4.05. The molecule has 1 amide bonds. The molecule has 0 atom stereocenters. The Balaban J connectivity index is 1.38. The summed E-state index contributed by atoms with van der Waals surface area (Å²) in [5.74, 6) is 0.0112. The van der Waals surface area contributed by atoms with Gasteiger partial charge >= 0.3 is 5.69 Å². The Morgan fingerprint density at radius 3 is 2.71 bits per heavy atom. The quantitative estimate of drug-likeness (QED) is 0.497. The number of H-pyrrole nitrogens is 2. The molecule has 8 heteroatoms. The van der Waals surface area contributed by atoms with E-state index in [-0.39, 0.29) is 18.1 Å². The van der Waals surface area contributed by atoms with Gasteiger partial charge in [-0.2, -0.15) is 0 Å². The van der Waals surface area contributed by atoms with Gasteiger partial charge in [0.1, 0.15) is 11.6 Å². The van der Waals surface area contributed by atoms with E-state index in [0.29, 0.717) is 28.2 Å². The second-order valence-electron chi connectivity index (χ2n) is 6.09. The van der Waals surface area contributed by atoms with E-state index in [9.17, 15) is 14.0 Å². The Morgan fingerprint density at radius 2 is 1.93 bits per heavy atom. The second-order valence-corrected chi connectivity index (χ2v) is 6.09. The van der Waals surface area contributed by atoms with Gasteiger partial charge in [-0.3, -0.25) is 4.79 Å². The third kappa shape index (κ3) is 3.90. The van der Waals surface area contributed by atoms with Gasteiger partial charge in [-0.1, -0.05) is 12.1 Å². The maximum absolute atomic E-state index is 13.2.